The van der Waals surface area contributed by atoms with Gasteiger partial charge in [0.15, 0.2) is 0 Å². The average Bonchev–Trinajstić information content (AvgIpc) is 2.88. The van der Waals surface area contributed by atoms with Crippen molar-refractivity contribution in [3.8, 4) is 6.07 Å². The number of hydrogen-bond donors (Lipinski definition) is 1. The van der Waals surface area contributed by atoms with E-state index in [-0.39, 0.29) is 5.91 Å². The van der Waals surface area contributed by atoms with Crippen LogP contribution in [-0.2, 0) is 13.1 Å². The fraction of sp³-hybridized carbons (Fsp3) is 0.286. The Morgan fingerprint density at radius 1 is 1.03 bits per heavy atom. The van der Waals surface area contributed by atoms with Crippen LogP contribution in [0.5, 0.6) is 0 Å². The lowest BCUT2D eigenvalue weighted by Crippen LogP contribution is -2.32. The Kier molecular flexibility index (Phi) is 7.83. The van der Waals surface area contributed by atoms with Crippen molar-refractivity contribution in [2.45, 2.75) is 36.7 Å². The first-order valence-electron chi connectivity index (χ1n) is 11.4. The quantitative estimate of drug-likeness (QED) is 0.472. The van der Waals surface area contributed by atoms with E-state index in [2.05, 4.69) is 52.7 Å². The van der Waals surface area contributed by atoms with Crippen LogP contribution < -0.4 is 5.32 Å². The van der Waals surface area contributed by atoms with Gasteiger partial charge in [-0.1, -0.05) is 36.4 Å². The van der Waals surface area contributed by atoms with Crippen LogP contribution in [0.1, 0.15) is 51.4 Å². The summed E-state index contributed by atoms with van der Waals surface area (Å²) >= 11 is 1.67. The minimum Gasteiger partial charge on any atom is -0.348 e. The molecule has 1 aliphatic rings. The third-order valence-corrected chi connectivity index (χ3v) is 7.05. The van der Waals surface area contributed by atoms with E-state index in [0.29, 0.717) is 23.6 Å². The number of carbonyl (C=O) groups is 1. The summed E-state index contributed by atoms with van der Waals surface area (Å²) in [5, 5.41) is 12.0. The van der Waals surface area contributed by atoms with E-state index in [0.717, 1.165) is 42.9 Å². The summed E-state index contributed by atoms with van der Waals surface area (Å²) in [5.41, 5.74) is 5.17. The molecule has 33 heavy (non-hydrogen) atoms. The van der Waals surface area contributed by atoms with Crippen LogP contribution in [0.15, 0.2) is 77.7 Å². The predicted octanol–water partition coefficient (Wildman–Crippen LogP) is 5.59. The lowest BCUT2D eigenvalue weighted by molar-refractivity contribution is 0.0951. The van der Waals surface area contributed by atoms with E-state index in [9.17, 15) is 4.79 Å². The van der Waals surface area contributed by atoms with Crippen molar-refractivity contribution in [3.63, 3.8) is 0 Å². The Morgan fingerprint density at radius 3 is 2.42 bits per heavy atom. The molecule has 4 nitrogen and oxygen atoms in total. The van der Waals surface area contributed by atoms with Crippen molar-refractivity contribution in [2.24, 2.45) is 0 Å². The molecule has 0 spiro atoms. The molecule has 1 aliphatic heterocycles. The molecule has 0 saturated carbocycles. The van der Waals surface area contributed by atoms with Gasteiger partial charge in [-0.2, -0.15) is 5.26 Å². The number of nitrogens with one attached hydrogen (secondary N) is 1. The summed E-state index contributed by atoms with van der Waals surface area (Å²) in [6.45, 7) is 3.60. The smallest absolute Gasteiger partial charge is 0.251 e. The molecule has 0 unspecified atom stereocenters. The maximum absolute atomic E-state index is 12.5. The van der Waals surface area contributed by atoms with Gasteiger partial charge in [-0.05, 0) is 91.2 Å². The third-order valence-electron chi connectivity index (χ3n) is 6.30. The van der Waals surface area contributed by atoms with Gasteiger partial charge in [-0.15, -0.1) is 11.8 Å². The number of rotatable bonds is 7. The van der Waals surface area contributed by atoms with Gasteiger partial charge in [-0.3, -0.25) is 9.69 Å². The second-order valence-electron chi connectivity index (χ2n) is 8.52. The van der Waals surface area contributed by atoms with Crippen molar-refractivity contribution in [3.05, 3.63) is 101 Å². The molecule has 1 fully saturated rings. The minimum atomic E-state index is -0.0378. The standard InChI is InChI=1S/C28H29N3OS/c1-33-27-11-9-25(10-12-27)28(32)30-19-23-3-2-4-26(17-23)24-13-15-31(16-14-24)20-22-7-5-21(18-29)6-8-22/h2-12,17,24H,13-16,19-20H2,1H3,(H,30,32). The highest BCUT2D eigenvalue weighted by Gasteiger charge is 2.21. The second kappa shape index (κ2) is 11.2. The van der Waals surface area contributed by atoms with Crippen LogP contribution in [0, 0.1) is 11.3 Å². The molecule has 0 bridgehead atoms. The summed E-state index contributed by atoms with van der Waals surface area (Å²) in [4.78, 5) is 16.1. The molecule has 4 rings (SSSR count). The van der Waals surface area contributed by atoms with Gasteiger partial charge in [0.1, 0.15) is 0 Å². The normalized spacial score (nSPS) is 14.5. The summed E-state index contributed by atoms with van der Waals surface area (Å²) in [6, 6.07) is 26.4. The zero-order chi connectivity index (χ0) is 23.0. The van der Waals surface area contributed by atoms with E-state index in [1.54, 1.807) is 11.8 Å². The van der Waals surface area contributed by atoms with Crippen molar-refractivity contribution in [1.29, 1.82) is 5.26 Å². The first kappa shape index (κ1) is 23.1. The van der Waals surface area contributed by atoms with Crippen molar-refractivity contribution in [2.75, 3.05) is 19.3 Å². The number of thioether (sulfide) groups is 1. The number of hydrogen-bond acceptors (Lipinski definition) is 4. The highest BCUT2D eigenvalue weighted by Crippen LogP contribution is 2.29. The van der Waals surface area contributed by atoms with Gasteiger partial charge in [0.25, 0.3) is 5.91 Å². The number of amides is 1. The average molecular weight is 456 g/mol. The maximum Gasteiger partial charge on any atom is 0.251 e. The van der Waals surface area contributed by atoms with Gasteiger partial charge < -0.3 is 5.32 Å². The van der Waals surface area contributed by atoms with Crippen molar-refractivity contribution >= 4 is 17.7 Å². The van der Waals surface area contributed by atoms with E-state index < -0.39 is 0 Å². The summed E-state index contributed by atoms with van der Waals surface area (Å²) < 4.78 is 0. The lowest BCUT2D eigenvalue weighted by Gasteiger charge is -2.32. The summed E-state index contributed by atoms with van der Waals surface area (Å²) in [6.07, 6.45) is 4.29. The molecule has 5 heteroatoms. The van der Waals surface area contributed by atoms with Crippen LogP contribution in [0.25, 0.3) is 0 Å². The molecule has 3 aromatic rings. The molecular formula is C28H29N3OS. The maximum atomic E-state index is 12.5. The largest absolute Gasteiger partial charge is 0.348 e. The fourth-order valence-electron chi connectivity index (χ4n) is 4.35. The Labute approximate surface area is 200 Å². The van der Waals surface area contributed by atoms with Gasteiger partial charge in [-0.25, -0.2) is 0 Å². The van der Waals surface area contributed by atoms with E-state index in [1.807, 2.05) is 42.7 Å². The highest BCUT2D eigenvalue weighted by atomic mass is 32.2. The zero-order valence-electron chi connectivity index (χ0n) is 19.0. The molecule has 3 aromatic carbocycles. The predicted molar refractivity (Wildman–Crippen MR) is 134 cm³/mol. The molecule has 0 aliphatic carbocycles. The number of carbonyl (C=O) groups excluding carboxylic acids is 1. The van der Waals surface area contributed by atoms with Gasteiger partial charge >= 0.3 is 0 Å². The van der Waals surface area contributed by atoms with Gasteiger partial charge in [0, 0.05) is 23.5 Å². The molecule has 0 aromatic heterocycles. The molecule has 1 heterocycles. The molecule has 168 valence electrons. The molecule has 0 radical (unpaired) electrons. The highest BCUT2D eigenvalue weighted by molar-refractivity contribution is 7.98. The first-order chi connectivity index (χ1) is 16.1. The topological polar surface area (TPSA) is 56.1 Å². The first-order valence-corrected chi connectivity index (χ1v) is 12.6. The van der Waals surface area contributed by atoms with Crippen LogP contribution in [-0.4, -0.2) is 30.2 Å². The number of likely N-dealkylation sites (tertiary alicyclic amines) is 1. The van der Waals surface area contributed by atoms with Crippen molar-refractivity contribution in [1.82, 2.24) is 10.2 Å². The van der Waals surface area contributed by atoms with E-state index in [1.165, 1.54) is 11.1 Å². The molecule has 0 atom stereocenters. The van der Waals surface area contributed by atoms with E-state index >= 15 is 0 Å². The SMILES string of the molecule is CSc1ccc(C(=O)NCc2cccc(C3CCN(Cc4ccc(C#N)cc4)CC3)c2)cc1. The molecule has 1 saturated heterocycles. The number of benzene rings is 3. The second-order valence-corrected chi connectivity index (χ2v) is 9.40. The number of piperidine rings is 1. The molecular weight excluding hydrogens is 426 g/mol. The Morgan fingerprint density at radius 2 is 1.76 bits per heavy atom. The summed E-state index contributed by atoms with van der Waals surface area (Å²) in [5.74, 6) is 0.515. The van der Waals surface area contributed by atoms with Crippen LogP contribution in [0.4, 0.5) is 0 Å². The number of nitriles is 1. The van der Waals surface area contributed by atoms with Crippen molar-refractivity contribution < 1.29 is 4.79 Å². The Bertz CT molecular complexity index is 1110. The van der Waals surface area contributed by atoms with Crippen LogP contribution >= 0.6 is 11.8 Å². The van der Waals surface area contributed by atoms with Crippen LogP contribution in [0.3, 0.4) is 0 Å². The zero-order valence-corrected chi connectivity index (χ0v) is 19.8. The fourth-order valence-corrected chi connectivity index (χ4v) is 4.76. The van der Waals surface area contributed by atoms with Gasteiger partial charge in [0.2, 0.25) is 0 Å². The van der Waals surface area contributed by atoms with Gasteiger partial charge in [0.05, 0.1) is 11.6 Å². The third kappa shape index (κ3) is 6.25. The Balaban J connectivity index is 1.28. The molecule has 1 amide bonds. The number of nitrogens with zero attached hydrogens (tertiary/aromatic N) is 2. The lowest BCUT2D eigenvalue weighted by atomic mass is 9.88. The Hall–Kier alpha value is -3.07. The monoisotopic (exact) mass is 455 g/mol. The summed E-state index contributed by atoms with van der Waals surface area (Å²) in [7, 11) is 0. The minimum absolute atomic E-state index is 0.0378. The van der Waals surface area contributed by atoms with Crippen LogP contribution in [0.2, 0.25) is 0 Å². The molecule has 1 N–H and O–H groups in total. The van der Waals surface area contributed by atoms with E-state index in [4.69, 9.17) is 5.26 Å².